The molecule has 616 valence electrons. The quantitative estimate of drug-likeness (QED) is 0.0171. The normalized spacial score (nSPS) is 21.8. The number of nitrogens with one attached hydrogen (secondary N) is 4. The van der Waals surface area contributed by atoms with Crippen LogP contribution >= 0.6 is 70.5 Å². The van der Waals surface area contributed by atoms with Crippen molar-refractivity contribution < 1.29 is 161 Å². The topological polar surface area (TPSA) is 727 Å². The van der Waals surface area contributed by atoms with Crippen LogP contribution in [0, 0.1) is 10.8 Å². The number of aliphatic hydroxyl groups is 4. The maximum Gasteiger partial charge on any atom is 0.481 e. The number of phosphoric acid groups is 6. The summed E-state index contributed by atoms with van der Waals surface area (Å²) in [6.45, 7) is 2.89. The van der Waals surface area contributed by atoms with Crippen molar-refractivity contribution in [3.63, 3.8) is 0 Å². The summed E-state index contributed by atoms with van der Waals surface area (Å²) in [5, 5.41) is 52.6. The SMILES string of the molecule is CC(C)(COP(=O)(O)OP(=O)(O)OC[C@H]1O[C@@H](n2cnc3c(N)ncnc32)[C@H](O)[C@@H]1OP(=O)(O)O)C(O)C(=O)NCCC(=O)NCCSC(=O)Cc1ccccc1.CCCC(=O)SCCNC(=O)CCNC(=O)C(O)C(C)(C)COP(=O)(O)OP(=O)(O)OC[C@H]1O[C@@H](n2cnc3c(N)ncnc32)[C@H](O)[C@@H]1OP(=O)(O)O. The van der Waals surface area contributed by atoms with Crippen LogP contribution in [0.4, 0.5) is 11.6 Å². The fourth-order valence-electron chi connectivity index (χ4n) is 9.68. The van der Waals surface area contributed by atoms with Crippen molar-refractivity contribution in [1.29, 1.82) is 0 Å². The van der Waals surface area contributed by atoms with Crippen LogP contribution in [0.15, 0.2) is 55.6 Å². The zero-order valence-corrected chi connectivity index (χ0v) is 65.7. The number of rotatable bonds is 42. The lowest BCUT2D eigenvalue weighted by atomic mass is 9.87. The van der Waals surface area contributed by atoms with Gasteiger partial charge < -0.3 is 102 Å². The van der Waals surface area contributed by atoms with Crippen LogP contribution in [-0.2, 0) is 108 Å². The third-order valence-corrected chi connectivity index (χ3v) is 23.2. The number of imidazole rings is 2. The van der Waals surface area contributed by atoms with Crippen molar-refractivity contribution in [2.75, 3.05) is 75.6 Å². The highest BCUT2D eigenvalue weighted by atomic mass is 32.2. The Morgan fingerprint density at radius 3 is 1.31 bits per heavy atom. The van der Waals surface area contributed by atoms with Gasteiger partial charge in [0.05, 0.1) is 39.1 Å². The Kier molecular flexibility index (Phi) is 34.4. The molecule has 0 radical (unpaired) electrons. The number of thioether (sulfide) groups is 2. The number of benzene rings is 1. The Morgan fingerprint density at radius 2 is 0.927 bits per heavy atom. The predicted molar refractivity (Wildman–Crippen MR) is 379 cm³/mol. The number of nitrogen functional groups attached to an aromatic ring is 2. The Labute approximate surface area is 632 Å². The molecule has 2 aliphatic rings. The monoisotopic (exact) mass is 1720 g/mol. The van der Waals surface area contributed by atoms with Gasteiger partial charge in [-0.15, -0.1) is 0 Å². The third-order valence-electron chi connectivity index (χ3n) is 15.2. The van der Waals surface area contributed by atoms with E-state index in [9.17, 15) is 116 Å². The van der Waals surface area contributed by atoms with E-state index in [1.807, 2.05) is 37.3 Å². The van der Waals surface area contributed by atoms with E-state index in [4.69, 9.17) is 39.0 Å². The number of carbonyl (C=O) groups excluding carboxylic acids is 6. The van der Waals surface area contributed by atoms with Crippen LogP contribution in [0.25, 0.3) is 22.3 Å². The summed E-state index contributed by atoms with van der Waals surface area (Å²) in [5.74, 6) is -2.18. The van der Waals surface area contributed by atoms with Gasteiger partial charge >= 0.3 is 46.9 Å². The van der Waals surface area contributed by atoms with Crippen molar-refractivity contribution >= 4 is 138 Å². The Hall–Kier alpha value is -5.66. The average molecular weight is 1720 g/mol. The van der Waals surface area contributed by atoms with Crippen LogP contribution in [0.1, 0.15) is 78.3 Å². The number of nitrogens with two attached hydrogens (primary N) is 2. The minimum atomic E-state index is -5.57. The van der Waals surface area contributed by atoms with Gasteiger partial charge in [-0.05, 0) is 12.0 Å². The van der Waals surface area contributed by atoms with Crippen molar-refractivity contribution in [3.8, 4) is 0 Å². The molecule has 0 saturated carbocycles. The molecule has 4 amide bonds. The first-order valence-electron chi connectivity index (χ1n) is 32.3. The van der Waals surface area contributed by atoms with Crippen molar-refractivity contribution in [3.05, 3.63) is 61.2 Å². The number of amides is 4. The first-order valence-corrected chi connectivity index (χ1v) is 43.3. The van der Waals surface area contributed by atoms with Crippen LogP contribution in [0.3, 0.4) is 0 Å². The second kappa shape index (κ2) is 40.6. The second-order valence-corrected chi connectivity index (χ2v) is 35.8. The van der Waals surface area contributed by atoms with Crippen LogP contribution < -0.4 is 32.7 Å². The molecule has 2 fully saturated rings. The molecule has 110 heavy (non-hydrogen) atoms. The van der Waals surface area contributed by atoms with E-state index in [0.29, 0.717) is 17.9 Å². The average Bonchev–Trinajstić information content (AvgIpc) is 1.62. The highest BCUT2D eigenvalue weighted by molar-refractivity contribution is 8.13. The number of carbonyl (C=O) groups is 6. The van der Waals surface area contributed by atoms with E-state index in [1.165, 1.54) is 27.7 Å². The summed E-state index contributed by atoms with van der Waals surface area (Å²) in [7, 11) is -32.8. The van der Waals surface area contributed by atoms with Gasteiger partial charge in [0.2, 0.25) is 23.6 Å². The van der Waals surface area contributed by atoms with Crippen molar-refractivity contribution in [1.82, 2.24) is 60.3 Å². The molecule has 5 aromatic rings. The minimum absolute atomic E-state index is 0.0127. The van der Waals surface area contributed by atoms with E-state index < -0.39 is 169 Å². The summed E-state index contributed by atoms with van der Waals surface area (Å²) < 4.78 is 124. The largest absolute Gasteiger partial charge is 0.481 e. The summed E-state index contributed by atoms with van der Waals surface area (Å²) in [6, 6.07) is 9.16. The van der Waals surface area contributed by atoms with E-state index in [1.54, 1.807) is 0 Å². The molecular formula is C54H84N14O34P6S2. The Bertz CT molecular complexity index is 4300. The van der Waals surface area contributed by atoms with E-state index in [-0.39, 0.29) is 89.6 Å². The molecule has 0 spiro atoms. The van der Waals surface area contributed by atoms with Crippen LogP contribution in [0.2, 0.25) is 0 Å². The lowest BCUT2D eigenvalue weighted by Crippen LogP contribution is -2.46. The summed E-state index contributed by atoms with van der Waals surface area (Å²) in [4.78, 5) is 175. The highest BCUT2D eigenvalue weighted by Crippen LogP contribution is 2.63. The number of ether oxygens (including phenoxy) is 2. The molecular weight excluding hydrogens is 1640 g/mol. The molecule has 4 aromatic heterocycles. The molecule has 20 N–H and O–H groups in total. The van der Waals surface area contributed by atoms with Gasteiger partial charge in [0.15, 0.2) is 45.6 Å². The molecule has 6 heterocycles. The van der Waals surface area contributed by atoms with Gasteiger partial charge in [0.1, 0.15) is 72.5 Å². The second-order valence-electron chi connectivity index (χ2n) is 25.0. The number of hydrogen-bond acceptors (Lipinski definition) is 36. The number of hydrogen-bond donors (Lipinski definition) is 18. The van der Waals surface area contributed by atoms with E-state index in [2.05, 4.69) is 68.8 Å². The standard InChI is InChI=1S/C29H42N7O17P3S.C25H42N7O17P3S/c1-29(2,24(40)27(41)32-9-8-19(37)31-10-11-57-20(38)12-17-6-4-3-5-7-17)14-50-56(47,48)53-55(45,46)49-13-18-23(52-54(42,43)44)22(39)28(51-18)36-16-35-21-25(30)33-15-34-26(21)36;1-4-5-16(34)53-9-8-27-15(33)6-7-28-23(37)20(36)25(2,3)11-46-52(43,44)49-51(41,42)45-10-14-19(48-50(38,39)40)18(35)24(47-14)32-13-31-17-21(26)29-12-30-22(17)32/h3-7,15-16,18,22-24,28,39-40H,8-14H2,1-2H3,(H,31,37)(H,32,41)(H,45,46)(H,47,48)(H2,30,33,34)(H2,42,43,44);12-14,18-20,24,35-36H,4-11H2,1-3H3,(H,27,33)(H,28,37)(H,41,42)(H,43,44)(H2,26,29,30)(H2,38,39,40)/t18-,22-,23-,24?,28-;14-,18-,19-,20?,24-/m11/s1. The van der Waals surface area contributed by atoms with E-state index >= 15 is 0 Å². The lowest BCUT2D eigenvalue weighted by molar-refractivity contribution is -0.137. The Morgan fingerprint density at radius 1 is 0.545 bits per heavy atom. The zero-order valence-electron chi connectivity index (χ0n) is 58.7. The summed E-state index contributed by atoms with van der Waals surface area (Å²) in [5.41, 5.74) is 9.39. The van der Waals surface area contributed by atoms with Gasteiger partial charge in [-0.3, -0.25) is 65.0 Å². The van der Waals surface area contributed by atoms with E-state index in [0.717, 1.165) is 70.0 Å². The first-order chi connectivity index (χ1) is 51.1. The maximum absolute atomic E-state index is 12.7. The van der Waals surface area contributed by atoms with Crippen LogP contribution in [-0.4, -0.2) is 245 Å². The number of anilines is 2. The first kappa shape index (κ1) is 93.2. The van der Waals surface area contributed by atoms with Gasteiger partial charge in [-0.1, -0.05) is 88.5 Å². The molecule has 2 aliphatic heterocycles. The molecule has 1 aromatic carbocycles. The highest BCUT2D eigenvalue weighted by Gasteiger charge is 2.53. The molecule has 2 saturated heterocycles. The Balaban J connectivity index is 0.000000345. The molecule has 48 nitrogen and oxygen atoms in total. The van der Waals surface area contributed by atoms with Gasteiger partial charge in [0.25, 0.3) is 0 Å². The maximum atomic E-state index is 12.7. The summed E-state index contributed by atoms with van der Waals surface area (Å²) >= 11 is 2.16. The number of aliphatic hydroxyl groups excluding tert-OH is 4. The minimum Gasteiger partial charge on any atom is -0.386 e. The zero-order chi connectivity index (χ0) is 82.0. The fraction of sp³-hybridized carbons (Fsp3) is 0.593. The summed E-state index contributed by atoms with van der Waals surface area (Å²) in [6.07, 6.45) is -12.4. The number of fused-ring (bicyclic) bond motifs is 2. The van der Waals surface area contributed by atoms with Crippen molar-refractivity contribution in [2.24, 2.45) is 10.8 Å². The molecule has 14 atom stereocenters. The van der Waals surface area contributed by atoms with Gasteiger partial charge in [0, 0.05) is 74.2 Å². The lowest BCUT2D eigenvalue weighted by Gasteiger charge is -2.30. The fourth-order valence-corrected chi connectivity index (χ4v) is 16.8. The molecule has 7 rings (SSSR count). The van der Waals surface area contributed by atoms with Crippen LogP contribution in [0.5, 0.6) is 0 Å². The molecule has 0 bridgehead atoms. The predicted octanol–water partition coefficient (Wildman–Crippen LogP) is -0.628. The van der Waals surface area contributed by atoms with Crippen molar-refractivity contribution in [2.45, 2.75) is 128 Å². The number of aromatic nitrogens is 8. The molecule has 56 heteroatoms. The smallest absolute Gasteiger partial charge is 0.386 e. The molecule has 0 aliphatic carbocycles. The third kappa shape index (κ3) is 29.3. The molecule has 6 unspecified atom stereocenters. The van der Waals surface area contributed by atoms with Gasteiger partial charge in [-0.25, -0.2) is 57.3 Å². The number of nitrogens with zero attached hydrogens (tertiary/aromatic N) is 8. The van der Waals surface area contributed by atoms with Gasteiger partial charge in [-0.2, -0.15) is 8.62 Å². The number of phosphoric ester groups is 6.